The second-order valence-corrected chi connectivity index (χ2v) is 5.25. The molecule has 1 aromatic rings. The van der Waals surface area contributed by atoms with Crippen molar-refractivity contribution in [1.29, 1.82) is 0 Å². The monoisotopic (exact) mass is 236 g/mol. The second-order valence-electron chi connectivity index (χ2n) is 5.25. The lowest BCUT2D eigenvalue weighted by Gasteiger charge is -2.22. The summed E-state index contributed by atoms with van der Waals surface area (Å²) in [5.41, 5.74) is 2.44. The van der Waals surface area contributed by atoms with Crippen LogP contribution in [0.1, 0.15) is 37.1 Å². The Labute approximate surface area is 104 Å². The van der Waals surface area contributed by atoms with E-state index >= 15 is 0 Å². The molecule has 1 saturated heterocycles. The Bertz CT molecular complexity index is 371. The molecule has 2 heterocycles. The molecule has 1 N–H and O–H groups in total. The van der Waals surface area contributed by atoms with Crippen molar-refractivity contribution in [2.24, 2.45) is 7.05 Å². The zero-order valence-electron chi connectivity index (χ0n) is 11.4. The van der Waals surface area contributed by atoms with E-state index in [0.29, 0.717) is 12.1 Å². The molecule has 2 unspecified atom stereocenters. The molecule has 96 valence electrons. The Morgan fingerprint density at radius 2 is 2.29 bits per heavy atom. The summed E-state index contributed by atoms with van der Waals surface area (Å²) in [6.07, 6.45) is 4.77. The summed E-state index contributed by atoms with van der Waals surface area (Å²) >= 11 is 0. The largest absolute Gasteiger partial charge is 0.309 e. The number of nitrogens with zero attached hydrogens (tertiary/aromatic N) is 3. The predicted molar refractivity (Wildman–Crippen MR) is 70.0 cm³/mol. The van der Waals surface area contributed by atoms with Gasteiger partial charge in [-0.2, -0.15) is 5.10 Å². The molecule has 0 bridgehead atoms. The van der Waals surface area contributed by atoms with Crippen LogP contribution in [0.25, 0.3) is 0 Å². The Morgan fingerprint density at radius 1 is 1.53 bits per heavy atom. The van der Waals surface area contributed by atoms with Crippen molar-refractivity contribution in [3.8, 4) is 0 Å². The summed E-state index contributed by atoms with van der Waals surface area (Å²) in [6, 6.07) is 1.09. The third-order valence-corrected chi connectivity index (χ3v) is 3.85. The van der Waals surface area contributed by atoms with Crippen LogP contribution in [0.5, 0.6) is 0 Å². The first-order valence-corrected chi connectivity index (χ1v) is 6.51. The van der Waals surface area contributed by atoms with Crippen LogP contribution in [0.15, 0.2) is 6.20 Å². The summed E-state index contributed by atoms with van der Waals surface area (Å²) in [6.45, 7) is 6.62. The van der Waals surface area contributed by atoms with Crippen molar-refractivity contribution in [2.45, 2.75) is 38.8 Å². The van der Waals surface area contributed by atoms with Crippen LogP contribution in [-0.4, -0.2) is 40.9 Å². The Balaban J connectivity index is 1.88. The molecule has 1 aromatic heterocycles. The van der Waals surface area contributed by atoms with E-state index in [1.165, 1.54) is 24.9 Å². The van der Waals surface area contributed by atoms with Gasteiger partial charge < -0.3 is 10.2 Å². The molecule has 2 atom stereocenters. The first kappa shape index (κ1) is 12.6. The van der Waals surface area contributed by atoms with Gasteiger partial charge in [-0.15, -0.1) is 0 Å². The zero-order chi connectivity index (χ0) is 12.4. The molecule has 0 aliphatic carbocycles. The number of likely N-dealkylation sites (tertiary alicyclic amines) is 1. The fourth-order valence-corrected chi connectivity index (χ4v) is 2.70. The van der Waals surface area contributed by atoms with E-state index in [0.717, 1.165) is 12.2 Å². The molecule has 4 heteroatoms. The molecule has 0 radical (unpaired) electrons. The van der Waals surface area contributed by atoms with Crippen LogP contribution in [0, 0.1) is 6.92 Å². The maximum Gasteiger partial charge on any atom is 0.0641 e. The van der Waals surface area contributed by atoms with Gasteiger partial charge in [0.2, 0.25) is 0 Å². The molecule has 17 heavy (non-hydrogen) atoms. The fraction of sp³-hybridized carbons (Fsp3) is 0.769. The van der Waals surface area contributed by atoms with Crippen molar-refractivity contribution in [1.82, 2.24) is 20.0 Å². The number of hydrogen-bond acceptors (Lipinski definition) is 3. The van der Waals surface area contributed by atoms with E-state index in [1.54, 1.807) is 0 Å². The van der Waals surface area contributed by atoms with E-state index in [-0.39, 0.29) is 0 Å². The van der Waals surface area contributed by atoms with E-state index in [4.69, 9.17) is 0 Å². The minimum absolute atomic E-state index is 0.387. The molecule has 4 nitrogen and oxygen atoms in total. The van der Waals surface area contributed by atoms with Gasteiger partial charge in [-0.3, -0.25) is 4.68 Å². The van der Waals surface area contributed by atoms with Crippen molar-refractivity contribution in [3.05, 3.63) is 17.5 Å². The fourth-order valence-electron chi connectivity index (χ4n) is 2.70. The number of aromatic nitrogens is 2. The Kier molecular flexibility index (Phi) is 3.84. The zero-order valence-corrected chi connectivity index (χ0v) is 11.4. The van der Waals surface area contributed by atoms with Gasteiger partial charge in [-0.05, 0) is 40.3 Å². The average Bonchev–Trinajstić information content (AvgIpc) is 2.81. The lowest BCUT2D eigenvalue weighted by Crippen LogP contribution is -2.36. The summed E-state index contributed by atoms with van der Waals surface area (Å²) in [7, 11) is 4.20. The van der Waals surface area contributed by atoms with Gasteiger partial charge in [0.25, 0.3) is 0 Å². The maximum atomic E-state index is 4.39. The number of likely N-dealkylation sites (N-methyl/N-ethyl adjacent to an activating group) is 1. The van der Waals surface area contributed by atoms with Crippen LogP contribution in [-0.2, 0) is 7.05 Å². The molecule has 0 aromatic carbocycles. The third-order valence-electron chi connectivity index (χ3n) is 3.85. The summed E-state index contributed by atoms with van der Waals surface area (Å²) in [5.74, 6) is 0. The van der Waals surface area contributed by atoms with Gasteiger partial charge in [0.1, 0.15) is 0 Å². The molecular formula is C13H24N4. The number of rotatable bonds is 4. The minimum Gasteiger partial charge on any atom is -0.309 e. The van der Waals surface area contributed by atoms with Gasteiger partial charge >= 0.3 is 0 Å². The highest BCUT2D eigenvalue weighted by Gasteiger charge is 2.21. The van der Waals surface area contributed by atoms with Gasteiger partial charge in [0, 0.05) is 37.4 Å². The highest BCUT2D eigenvalue weighted by Crippen LogP contribution is 2.18. The lowest BCUT2D eigenvalue weighted by molar-refractivity contribution is 0.293. The van der Waals surface area contributed by atoms with Crippen molar-refractivity contribution < 1.29 is 0 Å². The molecule has 0 spiro atoms. The van der Waals surface area contributed by atoms with E-state index < -0.39 is 0 Å². The van der Waals surface area contributed by atoms with E-state index in [1.807, 2.05) is 11.7 Å². The maximum absolute atomic E-state index is 4.39. The van der Waals surface area contributed by atoms with Crippen molar-refractivity contribution in [2.75, 3.05) is 20.1 Å². The van der Waals surface area contributed by atoms with Gasteiger partial charge in [0.05, 0.1) is 5.69 Å². The standard InChI is InChI=1S/C13H24N4/c1-10(13-9-17(4)15-11(13)2)14-8-12-6-5-7-16(12)3/h9-10,12,14H,5-8H2,1-4H3. The Morgan fingerprint density at radius 3 is 2.82 bits per heavy atom. The van der Waals surface area contributed by atoms with Crippen LogP contribution >= 0.6 is 0 Å². The van der Waals surface area contributed by atoms with Gasteiger partial charge in [-0.25, -0.2) is 0 Å². The average molecular weight is 236 g/mol. The lowest BCUT2D eigenvalue weighted by atomic mass is 10.1. The van der Waals surface area contributed by atoms with Crippen molar-refractivity contribution in [3.63, 3.8) is 0 Å². The van der Waals surface area contributed by atoms with Crippen LogP contribution < -0.4 is 5.32 Å². The normalized spacial score (nSPS) is 23.2. The third kappa shape index (κ3) is 2.87. The smallest absolute Gasteiger partial charge is 0.0641 e. The molecule has 1 fully saturated rings. The number of aryl methyl sites for hydroxylation is 2. The molecule has 0 amide bonds. The molecular weight excluding hydrogens is 212 g/mol. The SMILES string of the molecule is Cc1nn(C)cc1C(C)NCC1CCCN1C. The highest BCUT2D eigenvalue weighted by atomic mass is 15.3. The predicted octanol–water partition coefficient (Wildman–Crippen LogP) is 1.47. The topological polar surface area (TPSA) is 33.1 Å². The summed E-state index contributed by atoms with van der Waals surface area (Å²) < 4.78 is 1.89. The number of hydrogen-bond donors (Lipinski definition) is 1. The minimum atomic E-state index is 0.387. The molecule has 2 rings (SSSR count). The highest BCUT2D eigenvalue weighted by molar-refractivity contribution is 5.19. The van der Waals surface area contributed by atoms with Crippen LogP contribution in [0.3, 0.4) is 0 Å². The van der Waals surface area contributed by atoms with E-state index in [2.05, 4.69) is 42.4 Å². The second kappa shape index (κ2) is 5.19. The Hall–Kier alpha value is -0.870. The first-order valence-electron chi connectivity index (χ1n) is 6.51. The van der Waals surface area contributed by atoms with Crippen LogP contribution in [0.4, 0.5) is 0 Å². The molecule has 1 aliphatic heterocycles. The molecule has 0 saturated carbocycles. The first-order chi connectivity index (χ1) is 8.08. The van der Waals surface area contributed by atoms with Crippen molar-refractivity contribution >= 4 is 0 Å². The van der Waals surface area contributed by atoms with Crippen LogP contribution in [0.2, 0.25) is 0 Å². The van der Waals surface area contributed by atoms with Gasteiger partial charge in [-0.1, -0.05) is 0 Å². The van der Waals surface area contributed by atoms with Gasteiger partial charge in [0.15, 0.2) is 0 Å². The van der Waals surface area contributed by atoms with E-state index in [9.17, 15) is 0 Å². The quantitative estimate of drug-likeness (QED) is 0.859. The summed E-state index contributed by atoms with van der Waals surface area (Å²) in [4.78, 5) is 2.45. The summed E-state index contributed by atoms with van der Waals surface area (Å²) in [5, 5.41) is 8.02. The number of nitrogens with one attached hydrogen (secondary N) is 1. The molecule has 1 aliphatic rings.